The fourth-order valence-corrected chi connectivity index (χ4v) is 2.64. The van der Waals surface area contributed by atoms with Gasteiger partial charge >= 0.3 is 0 Å². The number of nitrogens with zero attached hydrogens (tertiary/aromatic N) is 2. The van der Waals surface area contributed by atoms with Crippen LogP contribution in [0.3, 0.4) is 0 Å². The van der Waals surface area contributed by atoms with Crippen molar-refractivity contribution in [2.45, 2.75) is 26.8 Å². The van der Waals surface area contributed by atoms with Gasteiger partial charge in [-0.2, -0.15) is 0 Å². The molecule has 1 N–H and O–H groups in total. The van der Waals surface area contributed by atoms with E-state index >= 15 is 0 Å². The maximum Gasteiger partial charge on any atom is 0.240 e. The first kappa shape index (κ1) is 15.3. The van der Waals surface area contributed by atoms with E-state index in [0.29, 0.717) is 13.1 Å². The molecule has 2 aromatic carbocycles. The first-order valence-corrected chi connectivity index (χ1v) is 7.86. The Hall–Kier alpha value is -2.62. The van der Waals surface area contributed by atoms with Gasteiger partial charge in [0.25, 0.3) is 0 Å². The van der Waals surface area contributed by atoms with Gasteiger partial charge in [-0.1, -0.05) is 30.3 Å². The molecule has 0 saturated heterocycles. The molecule has 3 rings (SSSR count). The van der Waals surface area contributed by atoms with Crippen molar-refractivity contribution < 1.29 is 4.79 Å². The number of benzene rings is 2. The van der Waals surface area contributed by atoms with Gasteiger partial charge in [-0.3, -0.25) is 4.79 Å². The van der Waals surface area contributed by atoms with Crippen LogP contribution in [0.25, 0.3) is 11.0 Å². The molecule has 0 unspecified atom stereocenters. The van der Waals surface area contributed by atoms with Gasteiger partial charge in [0.05, 0.1) is 17.4 Å². The Balaban J connectivity index is 1.61. The number of imidazole rings is 1. The second-order valence-corrected chi connectivity index (χ2v) is 5.88. The number of hydrogen-bond acceptors (Lipinski definition) is 2. The normalized spacial score (nSPS) is 10.9. The smallest absolute Gasteiger partial charge is 0.240 e. The lowest BCUT2D eigenvalue weighted by Gasteiger charge is -2.08. The predicted molar refractivity (Wildman–Crippen MR) is 92.4 cm³/mol. The lowest BCUT2D eigenvalue weighted by Crippen LogP contribution is -2.29. The summed E-state index contributed by atoms with van der Waals surface area (Å²) >= 11 is 0. The van der Waals surface area contributed by atoms with E-state index in [-0.39, 0.29) is 5.91 Å². The third kappa shape index (κ3) is 3.59. The van der Waals surface area contributed by atoms with Crippen molar-refractivity contribution in [3.8, 4) is 0 Å². The number of aromatic nitrogens is 2. The van der Waals surface area contributed by atoms with Crippen LogP contribution in [0.5, 0.6) is 0 Å². The van der Waals surface area contributed by atoms with Crippen molar-refractivity contribution in [3.05, 3.63) is 65.5 Å². The van der Waals surface area contributed by atoms with Crippen LogP contribution in [0.1, 0.15) is 16.7 Å². The average molecular weight is 307 g/mol. The summed E-state index contributed by atoms with van der Waals surface area (Å²) in [6.45, 7) is 5.09. The standard InChI is InChI=1S/C19H21N3O/c1-14-10-17-18(11-15(14)2)22(13-21-17)12-19(23)20-9-8-16-6-4-3-5-7-16/h3-7,10-11,13H,8-9,12H2,1-2H3,(H,20,23). The maximum absolute atomic E-state index is 12.1. The number of rotatable bonds is 5. The van der Waals surface area contributed by atoms with Crippen molar-refractivity contribution in [2.75, 3.05) is 6.54 Å². The lowest BCUT2D eigenvalue weighted by atomic mass is 10.1. The second-order valence-electron chi connectivity index (χ2n) is 5.88. The molecule has 1 heterocycles. The van der Waals surface area contributed by atoms with Crippen LogP contribution >= 0.6 is 0 Å². The minimum Gasteiger partial charge on any atom is -0.354 e. The number of carbonyl (C=O) groups excluding carboxylic acids is 1. The van der Waals surface area contributed by atoms with E-state index in [2.05, 4.69) is 48.4 Å². The zero-order valence-electron chi connectivity index (χ0n) is 13.5. The summed E-state index contributed by atoms with van der Waals surface area (Å²) in [5.41, 5.74) is 5.60. The highest BCUT2D eigenvalue weighted by Crippen LogP contribution is 2.18. The molecule has 0 aliphatic rings. The van der Waals surface area contributed by atoms with Crippen LogP contribution in [0.2, 0.25) is 0 Å². The summed E-state index contributed by atoms with van der Waals surface area (Å²) in [5.74, 6) is 0.0125. The largest absolute Gasteiger partial charge is 0.354 e. The van der Waals surface area contributed by atoms with Crippen LogP contribution in [-0.2, 0) is 17.8 Å². The molecule has 23 heavy (non-hydrogen) atoms. The highest BCUT2D eigenvalue weighted by Gasteiger charge is 2.08. The lowest BCUT2D eigenvalue weighted by molar-refractivity contribution is -0.121. The first-order chi connectivity index (χ1) is 11.1. The summed E-state index contributed by atoms with van der Waals surface area (Å²) in [7, 11) is 0. The zero-order chi connectivity index (χ0) is 16.2. The minimum absolute atomic E-state index is 0.0125. The van der Waals surface area contributed by atoms with E-state index in [0.717, 1.165) is 17.5 Å². The summed E-state index contributed by atoms with van der Waals surface area (Å²) in [4.78, 5) is 16.5. The predicted octanol–water partition coefficient (Wildman–Crippen LogP) is 3.01. The third-order valence-corrected chi connectivity index (χ3v) is 4.13. The molecule has 0 atom stereocenters. The van der Waals surface area contributed by atoms with E-state index in [1.165, 1.54) is 16.7 Å². The Morgan fingerprint density at radius 1 is 1.13 bits per heavy atom. The number of amides is 1. The molecule has 0 aliphatic carbocycles. The molecule has 4 nitrogen and oxygen atoms in total. The number of hydrogen-bond donors (Lipinski definition) is 1. The molecule has 0 aliphatic heterocycles. The molecule has 118 valence electrons. The fraction of sp³-hybridized carbons (Fsp3) is 0.263. The Bertz CT molecular complexity index is 821. The summed E-state index contributed by atoms with van der Waals surface area (Å²) < 4.78 is 1.90. The Kier molecular flexibility index (Phi) is 4.42. The SMILES string of the molecule is Cc1cc2ncn(CC(=O)NCCc3ccccc3)c2cc1C. The van der Waals surface area contributed by atoms with Crippen molar-refractivity contribution in [2.24, 2.45) is 0 Å². The van der Waals surface area contributed by atoms with Crippen LogP contribution < -0.4 is 5.32 Å². The molecule has 0 spiro atoms. The second kappa shape index (κ2) is 6.65. The molecule has 0 fully saturated rings. The number of carbonyl (C=O) groups is 1. The van der Waals surface area contributed by atoms with E-state index in [1.807, 2.05) is 22.8 Å². The van der Waals surface area contributed by atoms with Crippen molar-refractivity contribution >= 4 is 16.9 Å². The molecular formula is C19H21N3O. The molecular weight excluding hydrogens is 286 g/mol. The number of aryl methyl sites for hydroxylation is 2. The van der Waals surface area contributed by atoms with Crippen molar-refractivity contribution in [1.29, 1.82) is 0 Å². The third-order valence-electron chi connectivity index (χ3n) is 4.13. The molecule has 1 amide bonds. The van der Waals surface area contributed by atoms with Gasteiger partial charge in [0.1, 0.15) is 6.54 Å². The van der Waals surface area contributed by atoms with Crippen LogP contribution in [0.4, 0.5) is 0 Å². The van der Waals surface area contributed by atoms with Gasteiger partial charge < -0.3 is 9.88 Å². The van der Waals surface area contributed by atoms with Gasteiger partial charge in [-0.15, -0.1) is 0 Å². The topological polar surface area (TPSA) is 46.9 Å². The van der Waals surface area contributed by atoms with Crippen LogP contribution in [0, 0.1) is 13.8 Å². The van der Waals surface area contributed by atoms with Gasteiger partial charge in [0, 0.05) is 6.54 Å². The zero-order valence-corrected chi connectivity index (χ0v) is 13.5. The quantitative estimate of drug-likeness (QED) is 0.787. The van der Waals surface area contributed by atoms with Gasteiger partial charge in [-0.05, 0) is 49.1 Å². The molecule has 1 aromatic heterocycles. The maximum atomic E-state index is 12.1. The van der Waals surface area contributed by atoms with Crippen LogP contribution in [0.15, 0.2) is 48.8 Å². The van der Waals surface area contributed by atoms with E-state index in [4.69, 9.17) is 0 Å². The monoisotopic (exact) mass is 307 g/mol. The van der Waals surface area contributed by atoms with Gasteiger partial charge in [0.2, 0.25) is 5.91 Å². The van der Waals surface area contributed by atoms with Gasteiger partial charge in [-0.25, -0.2) is 4.98 Å². The highest BCUT2D eigenvalue weighted by molar-refractivity contribution is 5.81. The minimum atomic E-state index is 0.0125. The van der Waals surface area contributed by atoms with Crippen molar-refractivity contribution in [1.82, 2.24) is 14.9 Å². The molecule has 0 radical (unpaired) electrons. The Morgan fingerprint density at radius 3 is 2.65 bits per heavy atom. The van der Waals surface area contributed by atoms with Crippen LogP contribution in [-0.4, -0.2) is 22.0 Å². The number of fused-ring (bicyclic) bond motifs is 1. The van der Waals surface area contributed by atoms with Gasteiger partial charge in [0.15, 0.2) is 0 Å². The highest BCUT2D eigenvalue weighted by atomic mass is 16.1. The molecule has 3 aromatic rings. The Labute approximate surface area is 136 Å². The molecule has 0 saturated carbocycles. The molecule has 4 heteroatoms. The Morgan fingerprint density at radius 2 is 1.87 bits per heavy atom. The summed E-state index contributed by atoms with van der Waals surface area (Å²) in [6.07, 6.45) is 2.58. The average Bonchev–Trinajstić information content (AvgIpc) is 2.91. The van der Waals surface area contributed by atoms with E-state index < -0.39 is 0 Å². The van der Waals surface area contributed by atoms with Crippen molar-refractivity contribution in [3.63, 3.8) is 0 Å². The molecule has 0 bridgehead atoms. The first-order valence-electron chi connectivity index (χ1n) is 7.86. The van der Waals surface area contributed by atoms with E-state index in [9.17, 15) is 4.79 Å². The fourth-order valence-electron chi connectivity index (χ4n) is 2.64. The summed E-state index contributed by atoms with van der Waals surface area (Å²) in [6, 6.07) is 14.3. The summed E-state index contributed by atoms with van der Waals surface area (Å²) in [5, 5.41) is 2.97. The number of nitrogens with one attached hydrogen (secondary N) is 1. The van der Waals surface area contributed by atoms with E-state index in [1.54, 1.807) is 6.33 Å².